The molecule has 1 saturated carbocycles. The van der Waals surface area contributed by atoms with Crippen LogP contribution < -0.4 is 15.8 Å². The van der Waals surface area contributed by atoms with Gasteiger partial charge in [-0.2, -0.15) is 0 Å². The molecule has 1 aliphatic carbocycles. The highest BCUT2D eigenvalue weighted by molar-refractivity contribution is 7.80. The predicted octanol–water partition coefficient (Wildman–Crippen LogP) is 3.25. The number of nitrogens with zero attached hydrogens (tertiary/aromatic N) is 2. The molecule has 0 bridgehead atoms. The third kappa shape index (κ3) is 3.77. The first-order chi connectivity index (χ1) is 10.7. The lowest BCUT2D eigenvalue weighted by molar-refractivity contribution is 0.309. The van der Waals surface area contributed by atoms with Crippen molar-refractivity contribution >= 4 is 28.9 Å². The van der Waals surface area contributed by atoms with Crippen molar-refractivity contribution in [2.45, 2.75) is 45.1 Å². The smallest absolute Gasteiger partial charge is 0.194 e. The molecule has 2 atom stereocenters. The minimum atomic E-state index is 0.484. The van der Waals surface area contributed by atoms with Gasteiger partial charge in [-0.1, -0.05) is 38.0 Å². The molecule has 1 aliphatic heterocycles. The number of amidine groups is 1. The van der Waals surface area contributed by atoms with E-state index in [4.69, 9.17) is 12.2 Å². The fourth-order valence-corrected chi connectivity index (χ4v) is 3.47. The van der Waals surface area contributed by atoms with Crippen molar-refractivity contribution in [1.82, 2.24) is 10.7 Å². The number of rotatable bonds is 2. The number of para-hydroxylation sites is 1. The van der Waals surface area contributed by atoms with Gasteiger partial charge in [0.2, 0.25) is 0 Å². The molecule has 118 valence electrons. The zero-order chi connectivity index (χ0) is 15.4. The fourth-order valence-electron chi connectivity index (χ4n) is 3.21. The number of anilines is 1. The second kappa shape index (κ2) is 7.09. The molecule has 2 aliphatic rings. The summed E-state index contributed by atoms with van der Waals surface area (Å²) >= 11 is 5.42. The Hall–Kier alpha value is -1.62. The molecule has 5 heteroatoms. The van der Waals surface area contributed by atoms with Crippen LogP contribution >= 0.6 is 12.2 Å². The topological polar surface area (TPSA) is 39.7 Å². The van der Waals surface area contributed by atoms with Gasteiger partial charge in [0.1, 0.15) is 5.84 Å². The first-order valence-electron chi connectivity index (χ1n) is 8.19. The van der Waals surface area contributed by atoms with E-state index in [0.717, 1.165) is 24.5 Å². The molecule has 2 fully saturated rings. The molecule has 0 unspecified atom stereocenters. The maximum Gasteiger partial charge on any atom is 0.194 e. The quantitative estimate of drug-likeness (QED) is 0.822. The minimum Gasteiger partial charge on any atom is -0.358 e. The lowest BCUT2D eigenvalue weighted by atomic mass is 9.86. The molecule has 4 nitrogen and oxygen atoms in total. The summed E-state index contributed by atoms with van der Waals surface area (Å²) in [6.07, 6.45) is 6.03. The van der Waals surface area contributed by atoms with Gasteiger partial charge in [-0.05, 0) is 43.1 Å². The van der Waals surface area contributed by atoms with E-state index < -0.39 is 0 Å². The molecule has 0 radical (unpaired) electrons. The Kier molecular flexibility index (Phi) is 4.93. The predicted molar refractivity (Wildman–Crippen MR) is 96.1 cm³/mol. The van der Waals surface area contributed by atoms with E-state index in [9.17, 15) is 0 Å². The lowest BCUT2D eigenvalue weighted by Gasteiger charge is -2.29. The van der Waals surface area contributed by atoms with Crippen LogP contribution in [0.5, 0.6) is 0 Å². The third-order valence-corrected chi connectivity index (χ3v) is 4.77. The number of thiocarbonyl (C=S) groups is 1. The van der Waals surface area contributed by atoms with Crippen LogP contribution in [0.3, 0.4) is 0 Å². The van der Waals surface area contributed by atoms with Crippen molar-refractivity contribution < 1.29 is 0 Å². The molecule has 22 heavy (non-hydrogen) atoms. The van der Waals surface area contributed by atoms with E-state index in [1.165, 1.54) is 25.7 Å². The van der Waals surface area contributed by atoms with Gasteiger partial charge in [0.05, 0.1) is 5.69 Å². The Morgan fingerprint density at radius 1 is 1.27 bits per heavy atom. The molecule has 1 heterocycles. The van der Waals surface area contributed by atoms with Crippen LogP contribution in [-0.4, -0.2) is 23.5 Å². The van der Waals surface area contributed by atoms with Gasteiger partial charge in [-0.15, -0.1) is 0 Å². The highest BCUT2D eigenvalue weighted by Gasteiger charge is 2.22. The average Bonchev–Trinajstić information content (AvgIpc) is 2.99. The standard InChI is InChI=1S/C17H24N4S/c1-13-7-5-6-10-15(13)18-17(22)19-16-11-12-21(20-16)14-8-3-2-4-9-14/h2-4,8-9,13,15H,5-7,10-12H2,1H3,(H2,18,19,20,22)/t13-,15+/m1/s1. The largest absolute Gasteiger partial charge is 0.358 e. The number of nitrogens with one attached hydrogen (secondary N) is 2. The number of hydrazine groups is 1. The number of aliphatic imine (C=N–C) groups is 1. The van der Waals surface area contributed by atoms with Crippen LogP contribution in [0.25, 0.3) is 0 Å². The number of benzene rings is 1. The summed E-state index contributed by atoms with van der Waals surface area (Å²) in [6, 6.07) is 10.8. The van der Waals surface area contributed by atoms with Crippen molar-refractivity contribution in [3.8, 4) is 0 Å². The lowest BCUT2D eigenvalue weighted by Crippen LogP contribution is -2.40. The maximum atomic E-state index is 5.42. The first-order valence-corrected chi connectivity index (χ1v) is 8.60. The maximum absolute atomic E-state index is 5.42. The molecule has 1 aromatic rings. The van der Waals surface area contributed by atoms with Crippen LogP contribution in [0, 0.1) is 5.92 Å². The summed E-state index contributed by atoms with van der Waals surface area (Å²) in [5.74, 6) is 1.63. The van der Waals surface area contributed by atoms with Crippen LogP contribution in [-0.2, 0) is 0 Å². The average molecular weight is 316 g/mol. The fraction of sp³-hybridized carbons (Fsp3) is 0.529. The van der Waals surface area contributed by atoms with Crippen molar-refractivity contribution in [2.75, 3.05) is 11.6 Å². The Bertz CT molecular complexity index is 543. The molecule has 1 aromatic carbocycles. The normalized spacial score (nSPS) is 26.8. The highest BCUT2D eigenvalue weighted by atomic mass is 32.1. The van der Waals surface area contributed by atoms with Crippen LogP contribution in [0.1, 0.15) is 39.0 Å². The molecular weight excluding hydrogens is 292 g/mol. The monoisotopic (exact) mass is 316 g/mol. The molecule has 0 amide bonds. The van der Waals surface area contributed by atoms with Gasteiger partial charge in [-0.25, -0.2) is 4.99 Å². The minimum absolute atomic E-state index is 0.484. The van der Waals surface area contributed by atoms with E-state index in [1.54, 1.807) is 0 Å². The Morgan fingerprint density at radius 3 is 2.82 bits per heavy atom. The summed E-state index contributed by atoms with van der Waals surface area (Å²) in [5, 5.41) is 6.17. The van der Waals surface area contributed by atoms with Gasteiger partial charge < -0.3 is 5.32 Å². The molecule has 0 aromatic heterocycles. The van der Waals surface area contributed by atoms with Crippen LogP contribution in [0.4, 0.5) is 5.69 Å². The number of hydrogen-bond acceptors (Lipinski definition) is 2. The highest BCUT2D eigenvalue weighted by Crippen LogP contribution is 2.23. The zero-order valence-corrected chi connectivity index (χ0v) is 13.9. The summed E-state index contributed by atoms with van der Waals surface area (Å²) in [6.45, 7) is 3.23. The van der Waals surface area contributed by atoms with E-state index >= 15 is 0 Å². The van der Waals surface area contributed by atoms with Gasteiger partial charge >= 0.3 is 0 Å². The second-order valence-electron chi connectivity index (χ2n) is 6.23. The van der Waals surface area contributed by atoms with Gasteiger partial charge in [0, 0.05) is 19.0 Å². The van der Waals surface area contributed by atoms with E-state index in [1.807, 2.05) is 18.2 Å². The number of hydrogen-bond donors (Lipinski definition) is 2. The van der Waals surface area contributed by atoms with Crippen molar-refractivity contribution in [1.29, 1.82) is 0 Å². The van der Waals surface area contributed by atoms with Crippen LogP contribution in [0.2, 0.25) is 0 Å². The van der Waals surface area contributed by atoms with Gasteiger partial charge in [0.25, 0.3) is 0 Å². The Balaban J connectivity index is 1.55. The van der Waals surface area contributed by atoms with Crippen molar-refractivity contribution in [3.63, 3.8) is 0 Å². The molecule has 2 N–H and O–H groups in total. The molecule has 0 spiro atoms. The van der Waals surface area contributed by atoms with Crippen molar-refractivity contribution in [3.05, 3.63) is 30.3 Å². The summed E-state index contributed by atoms with van der Waals surface area (Å²) < 4.78 is 0. The van der Waals surface area contributed by atoms with E-state index in [2.05, 4.69) is 39.8 Å². The molecule has 1 saturated heterocycles. The first kappa shape index (κ1) is 15.3. The second-order valence-corrected chi connectivity index (χ2v) is 6.61. The molecular formula is C17H24N4S. The summed E-state index contributed by atoms with van der Waals surface area (Å²) in [4.78, 5) is 4.56. The van der Waals surface area contributed by atoms with Gasteiger partial charge in [-0.3, -0.25) is 10.4 Å². The SMILES string of the molecule is C[C@@H]1CCCC[C@@H]1NC(=S)/N=C1/CCN(c2ccccc2)N1. The van der Waals surface area contributed by atoms with Crippen molar-refractivity contribution in [2.24, 2.45) is 10.9 Å². The van der Waals surface area contributed by atoms with Crippen LogP contribution in [0.15, 0.2) is 35.3 Å². The van der Waals surface area contributed by atoms with E-state index in [-0.39, 0.29) is 0 Å². The van der Waals surface area contributed by atoms with Gasteiger partial charge in [0.15, 0.2) is 5.11 Å². The third-order valence-electron chi connectivity index (χ3n) is 4.56. The molecule has 3 rings (SSSR count). The van der Waals surface area contributed by atoms with E-state index in [0.29, 0.717) is 17.1 Å². The summed E-state index contributed by atoms with van der Waals surface area (Å²) in [5.41, 5.74) is 4.50. The Labute approximate surface area is 138 Å². The summed E-state index contributed by atoms with van der Waals surface area (Å²) in [7, 11) is 0. The Morgan fingerprint density at radius 2 is 2.05 bits per heavy atom. The zero-order valence-electron chi connectivity index (χ0n) is 13.1.